The molecule has 0 saturated carbocycles. The molecule has 45 heavy (non-hydrogen) atoms. The first-order valence-corrected chi connectivity index (χ1v) is 16.8. The molecule has 0 spiro atoms. The van der Waals surface area contributed by atoms with Gasteiger partial charge in [-0.25, -0.2) is 0 Å². The Morgan fingerprint density at radius 3 is 1.62 bits per heavy atom. The fraction of sp³-hybridized carbons (Fsp3) is 0. The monoisotopic (exact) mass is 639 g/mol. The van der Waals surface area contributed by atoms with Crippen molar-refractivity contribution >= 4 is 55.3 Å². The molecular weight excluding hydrogens is 613 g/mol. The van der Waals surface area contributed by atoms with Gasteiger partial charge in [0.25, 0.3) is 0 Å². The van der Waals surface area contributed by atoms with Gasteiger partial charge in [0.05, 0.1) is 0 Å². The normalized spacial score (nSPS) is 11.6. The summed E-state index contributed by atoms with van der Waals surface area (Å²) in [6.45, 7) is 0. The Kier molecular flexibility index (Phi) is 6.15. The van der Waals surface area contributed by atoms with E-state index in [9.17, 15) is 0 Å². The van der Waals surface area contributed by atoms with Crippen molar-refractivity contribution in [2.45, 2.75) is 0 Å². The quantitative estimate of drug-likeness (QED) is 0.142. The molecule has 0 aliphatic heterocycles. The van der Waals surface area contributed by atoms with E-state index in [-0.39, 0.29) is 14.5 Å². The number of benzene rings is 7. The van der Waals surface area contributed by atoms with Gasteiger partial charge in [0.1, 0.15) is 0 Å². The minimum absolute atomic E-state index is 0.126. The fourth-order valence-corrected chi connectivity index (χ4v) is 9.33. The number of aromatic nitrogens is 3. The van der Waals surface area contributed by atoms with Crippen LogP contribution in [0, 0.1) is 0 Å². The summed E-state index contributed by atoms with van der Waals surface area (Å²) in [6, 6.07) is 53.5. The Balaban J connectivity index is 1.30. The predicted molar refractivity (Wildman–Crippen MR) is 189 cm³/mol. The van der Waals surface area contributed by atoms with E-state index < -0.39 is 0 Å². The molecule has 0 radical (unpaired) electrons. The second kappa shape index (κ2) is 10.6. The third-order valence-corrected chi connectivity index (χ3v) is 11.2. The van der Waals surface area contributed by atoms with Crippen LogP contribution < -0.4 is 0 Å². The summed E-state index contributed by atoms with van der Waals surface area (Å²) in [5, 5.41) is 7.99. The van der Waals surface area contributed by atoms with Crippen molar-refractivity contribution in [1.82, 2.24) is 15.0 Å². The number of rotatable bonds is 4. The van der Waals surface area contributed by atoms with E-state index >= 15 is 0 Å². The minimum atomic E-state index is 0.126. The summed E-state index contributed by atoms with van der Waals surface area (Å²) in [6.07, 6.45) is 0. The summed E-state index contributed by atoms with van der Waals surface area (Å²) >= 11 is 0.126. The van der Waals surface area contributed by atoms with Crippen molar-refractivity contribution in [3.63, 3.8) is 0 Å². The Hall–Kier alpha value is -5.41. The summed E-state index contributed by atoms with van der Waals surface area (Å²) in [5.74, 6) is 2.01. The van der Waals surface area contributed by atoms with Crippen LogP contribution >= 0.6 is 0 Å². The number of hydrogen-bond donors (Lipinski definition) is 0. The third-order valence-electron chi connectivity index (χ3n) is 8.53. The van der Waals surface area contributed by atoms with E-state index in [2.05, 4.69) is 115 Å². The topological polar surface area (TPSA) is 38.7 Å². The van der Waals surface area contributed by atoms with Crippen LogP contribution in [0.3, 0.4) is 0 Å². The molecule has 9 rings (SSSR count). The van der Waals surface area contributed by atoms with E-state index in [4.69, 9.17) is 15.0 Å². The van der Waals surface area contributed by atoms with Crippen LogP contribution in [0.4, 0.5) is 0 Å². The average Bonchev–Trinajstić information content (AvgIpc) is 3.51. The second-order valence-corrected chi connectivity index (χ2v) is 13.3. The van der Waals surface area contributed by atoms with Crippen molar-refractivity contribution in [1.29, 1.82) is 0 Å². The van der Waals surface area contributed by atoms with Gasteiger partial charge < -0.3 is 0 Å². The van der Waals surface area contributed by atoms with E-state index in [1.165, 1.54) is 46.4 Å². The van der Waals surface area contributed by atoms with Crippen molar-refractivity contribution in [2.75, 3.05) is 0 Å². The third kappa shape index (κ3) is 4.38. The molecule has 0 amide bonds. The van der Waals surface area contributed by atoms with Crippen molar-refractivity contribution < 1.29 is 0 Å². The molecule has 0 saturated heterocycles. The van der Waals surface area contributed by atoms with E-state index in [1.54, 1.807) is 0 Å². The standard InChI is InChI=1S/C41H25N3Se/c1-3-13-28(14-4-1)39-42-40(29-15-5-2-6-16-29)44-41(43-39)35-19-10-9-18-31(35)32-20-11-21-33-34-25-24-27-23-22-26-12-7-8-17-30(26)36(27)38(34)45-37(32)33/h1-25H. The van der Waals surface area contributed by atoms with Gasteiger partial charge in [-0.1, -0.05) is 0 Å². The maximum atomic E-state index is 5.08. The molecule has 210 valence electrons. The maximum absolute atomic E-state index is 5.08. The van der Waals surface area contributed by atoms with Gasteiger partial charge in [0.15, 0.2) is 0 Å². The molecule has 0 bridgehead atoms. The van der Waals surface area contributed by atoms with E-state index in [1.807, 2.05) is 36.4 Å². The first kappa shape index (κ1) is 26.0. The van der Waals surface area contributed by atoms with Crippen molar-refractivity contribution in [2.24, 2.45) is 0 Å². The average molecular weight is 639 g/mol. The molecule has 0 atom stereocenters. The fourth-order valence-electron chi connectivity index (χ4n) is 6.40. The summed E-state index contributed by atoms with van der Waals surface area (Å²) in [5.41, 5.74) is 5.33. The molecule has 2 aromatic heterocycles. The molecule has 0 fully saturated rings. The molecule has 0 unspecified atom stereocenters. The zero-order chi connectivity index (χ0) is 29.7. The molecule has 2 heterocycles. The molecule has 0 N–H and O–H groups in total. The number of nitrogens with zero attached hydrogens (tertiary/aromatic N) is 3. The molecule has 9 aromatic rings. The van der Waals surface area contributed by atoms with Crippen LogP contribution in [0.5, 0.6) is 0 Å². The van der Waals surface area contributed by atoms with Gasteiger partial charge in [-0.05, 0) is 0 Å². The Bertz CT molecular complexity index is 2480. The Labute approximate surface area is 266 Å². The van der Waals surface area contributed by atoms with Crippen molar-refractivity contribution in [3.05, 3.63) is 152 Å². The summed E-state index contributed by atoms with van der Waals surface area (Å²) < 4.78 is 2.88. The van der Waals surface area contributed by atoms with Gasteiger partial charge >= 0.3 is 267 Å². The van der Waals surface area contributed by atoms with Crippen LogP contribution in [0.25, 0.3) is 86.1 Å². The Morgan fingerprint density at radius 1 is 0.333 bits per heavy atom. The van der Waals surface area contributed by atoms with Crippen LogP contribution in [-0.2, 0) is 0 Å². The van der Waals surface area contributed by atoms with Crippen LogP contribution in [-0.4, -0.2) is 29.5 Å². The van der Waals surface area contributed by atoms with E-state index in [0.717, 1.165) is 22.3 Å². The SMILES string of the molecule is c1ccc(-c2nc(-c3ccccc3)nc(-c3ccccc3-c3cccc4c3[se]c3c4ccc4ccc5ccccc5c43)n2)cc1. The van der Waals surface area contributed by atoms with Crippen LogP contribution in [0.2, 0.25) is 0 Å². The molecule has 4 heteroatoms. The van der Waals surface area contributed by atoms with Crippen molar-refractivity contribution in [3.8, 4) is 45.3 Å². The molecule has 3 nitrogen and oxygen atoms in total. The van der Waals surface area contributed by atoms with Gasteiger partial charge in [-0.15, -0.1) is 0 Å². The predicted octanol–water partition coefficient (Wildman–Crippen LogP) is 10.2. The second-order valence-electron chi connectivity index (χ2n) is 11.2. The number of hydrogen-bond acceptors (Lipinski definition) is 3. The van der Waals surface area contributed by atoms with Crippen LogP contribution in [0.15, 0.2) is 152 Å². The molecule has 0 aliphatic carbocycles. The van der Waals surface area contributed by atoms with Gasteiger partial charge in [-0.3, -0.25) is 0 Å². The molecule has 0 aliphatic rings. The van der Waals surface area contributed by atoms with Gasteiger partial charge in [-0.2, -0.15) is 0 Å². The first-order valence-electron chi connectivity index (χ1n) is 15.0. The zero-order valence-corrected chi connectivity index (χ0v) is 25.9. The number of fused-ring (bicyclic) bond motifs is 7. The van der Waals surface area contributed by atoms with Crippen LogP contribution in [0.1, 0.15) is 0 Å². The Morgan fingerprint density at radius 2 is 0.867 bits per heavy atom. The first-order chi connectivity index (χ1) is 22.3. The summed E-state index contributed by atoms with van der Waals surface area (Å²) in [7, 11) is 0. The molecule has 7 aromatic carbocycles. The summed E-state index contributed by atoms with van der Waals surface area (Å²) in [4.78, 5) is 15.1. The van der Waals surface area contributed by atoms with Gasteiger partial charge in [0, 0.05) is 0 Å². The van der Waals surface area contributed by atoms with Gasteiger partial charge in [0.2, 0.25) is 0 Å². The van der Waals surface area contributed by atoms with E-state index in [0.29, 0.717) is 17.5 Å². The zero-order valence-electron chi connectivity index (χ0n) is 24.2. The molecular formula is C41H25N3Se.